The van der Waals surface area contributed by atoms with Crippen LogP contribution in [0.1, 0.15) is 34.5 Å². The van der Waals surface area contributed by atoms with Gasteiger partial charge in [0.1, 0.15) is 0 Å². The fourth-order valence-corrected chi connectivity index (χ4v) is 3.87. The summed E-state index contributed by atoms with van der Waals surface area (Å²) in [5.41, 5.74) is 3.64. The van der Waals surface area contributed by atoms with E-state index in [9.17, 15) is 9.59 Å². The fraction of sp³-hybridized carbons (Fsp3) is 0.158. The van der Waals surface area contributed by atoms with Gasteiger partial charge >= 0.3 is 0 Å². The Morgan fingerprint density at radius 1 is 1.23 bits per heavy atom. The summed E-state index contributed by atoms with van der Waals surface area (Å²) in [5, 5.41) is 15.3. The Kier molecular flexibility index (Phi) is 5.56. The average Bonchev–Trinajstić information content (AvgIpc) is 3.03. The Bertz CT molecular complexity index is 970. The van der Waals surface area contributed by atoms with Crippen molar-refractivity contribution in [1.29, 1.82) is 0 Å². The summed E-state index contributed by atoms with van der Waals surface area (Å²) in [6, 6.07) is 12.1. The van der Waals surface area contributed by atoms with E-state index < -0.39 is 5.91 Å². The highest BCUT2D eigenvalue weighted by molar-refractivity contribution is 7.17. The van der Waals surface area contributed by atoms with Crippen molar-refractivity contribution in [2.45, 2.75) is 19.4 Å². The van der Waals surface area contributed by atoms with Crippen LogP contribution in [-0.2, 0) is 11.2 Å². The predicted molar refractivity (Wildman–Crippen MR) is 103 cm³/mol. The van der Waals surface area contributed by atoms with Crippen molar-refractivity contribution < 1.29 is 14.8 Å². The second-order valence-electron chi connectivity index (χ2n) is 5.93. The summed E-state index contributed by atoms with van der Waals surface area (Å²) in [7, 11) is 0. The molecule has 0 spiro atoms. The molecule has 1 aromatic heterocycles. The number of carbonyl (C=O) groups is 2. The first-order valence-corrected chi connectivity index (χ1v) is 9.23. The molecule has 0 saturated carbocycles. The largest absolute Gasteiger partial charge is 0.349 e. The van der Waals surface area contributed by atoms with Crippen LogP contribution in [0.5, 0.6) is 0 Å². The quantitative estimate of drug-likeness (QED) is 0.455. The lowest BCUT2D eigenvalue weighted by Gasteiger charge is -2.15. The second kappa shape index (κ2) is 7.86. The molecule has 0 aliphatic heterocycles. The number of hydrogen-bond acceptors (Lipinski definition) is 4. The molecule has 1 heterocycles. The summed E-state index contributed by atoms with van der Waals surface area (Å²) in [5.74, 6) is -0.707. The maximum Gasteiger partial charge on any atom is 0.274 e. The lowest BCUT2D eigenvalue weighted by atomic mass is 10.0. The minimum absolute atomic E-state index is 0.116. The number of fused-ring (bicyclic) bond motifs is 1. The Morgan fingerprint density at radius 2 is 2.04 bits per heavy atom. The number of thiophene rings is 1. The number of benzene rings is 2. The second-order valence-corrected chi connectivity index (χ2v) is 7.28. The number of rotatable bonds is 5. The van der Waals surface area contributed by atoms with Crippen molar-refractivity contribution in [2.75, 3.05) is 0 Å². The van der Waals surface area contributed by atoms with Gasteiger partial charge in [0.05, 0.1) is 12.5 Å². The van der Waals surface area contributed by atoms with Crippen molar-refractivity contribution in [2.24, 2.45) is 0 Å². The Balaban J connectivity index is 1.71. The van der Waals surface area contributed by atoms with E-state index in [1.54, 1.807) is 35.0 Å². The smallest absolute Gasteiger partial charge is 0.274 e. The van der Waals surface area contributed by atoms with Gasteiger partial charge in [-0.15, -0.1) is 11.3 Å². The summed E-state index contributed by atoms with van der Waals surface area (Å²) >= 11 is 7.64. The van der Waals surface area contributed by atoms with Crippen LogP contribution in [-0.4, -0.2) is 17.0 Å². The Morgan fingerprint density at radius 3 is 2.81 bits per heavy atom. The molecule has 1 unspecified atom stereocenters. The summed E-state index contributed by atoms with van der Waals surface area (Å²) in [6.45, 7) is 1.84. The van der Waals surface area contributed by atoms with Gasteiger partial charge in [-0.1, -0.05) is 23.7 Å². The molecular formula is C19H17ClN2O3S. The normalized spacial score (nSPS) is 12.0. The van der Waals surface area contributed by atoms with Gasteiger partial charge in [0.15, 0.2) is 0 Å². The molecule has 0 aliphatic rings. The van der Waals surface area contributed by atoms with Crippen LogP contribution in [0.25, 0.3) is 10.1 Å². The average molecular weight is 389 g/mol. The lowest BCUT2D eigenvalue weighted by Crippen LogP contribution is -2.28. The zero-order valence-electron chi connectivity index (χ0n) is 14.0. The highest BCUT2D eigenvalue weighted by atomic mass is 35.5. The van der Waals surface area contributed by atoms with Crippen molar-refractivity contribution in [3.8, 4) is 0 Å². The molecule has 26 heavy (non-hydrogen) atoms. The molecule has 0 radical (unpaired) electrons. The molecule has 134 valence electrons. The van der Waals surface area contributed by atoms with Gasteiger partial charge in [-0.25, -0.2) is 5.48 Å². The van der Waals surface area contributed by atoms with Crippen molar-refractivity contribution >= 4 is 44.8 Å². The molecule has 2 aromatic carbocycles. The van der Waals surface area contributed by atoms with E-state index in [2.05, 4.69) is 5.32 Å². The number of hydroxylamine groups is 1. The summed E-state index contributed by atoms with van der Waals surface area (Å²) < 4.78 is 1.09. The molecule has 2 amide bonds. The van der Waals surface area contributed by atoms with Crippen LogP contribution in [0.4, 0.5) is 0 Å². The predicted octanol–water partition coefficient (Wildman–Crippen LogP) is 4.09. The van der Waals surface area contributed by atoms with E-state index >= 15 is 0 Å². The zero-order chi connectivity index (χ0) is 18.7. The molecule has 7 heteroatoms. The van der Waals surface area contributed by atoms with Crippen LogP contribution in [0, 0.1) is 0 Å². The molecule has 0 aliphatic carbocycles. The van der Waals surface area contributed by atoms with Crippen molar-refractivity contribution in [3.05, 3.63) is 69.6 Å². The third-order valence-electron chi connectivity index (χ3n) is 4.09. The highest BCUT2D eigenvalue weighted by Crippen LogP contribution is 2.29. The Hall–Kier alpha value is -2.41. The number of halogens is 1. The van der Waals surface area contributed by atoms with E-state index in [1.165, 1.54) is 0 Å². The van der Waals surface area contributed by atoms with Gasteiger partial charge in [0, 0.05) is 15.3 Å². The number of amides is 2. The van der Waals surface area contributed by atoms with Gasteiger partial charge in [0.25, 0.3) is 5.91 Å². The standard InChI is InChI=1S/C19H17ClN2O3S/c1-11(12-3-2-4-13(7-12)19(24)22-25)21-18(23)8-14-10-26-17-6-5-15(20)9-16(14)17/h2-7,9-11,25H,8H2,1H3,(H,21,23)(H,22,24). The van der Waals surface area contributed by atoms with Gasteiger partial charge in [-0.05, 0) is 59.1 Å². The van der Waals surface area contributed by atoms with E-state index in [-0.39, 0.29) is 18.4 Å². The highest BCUT2D eigenvalue weighted by Gasteiger charge is 2.14. The van der Waals surface area contributed by atoms with E-state index in [4.69, 9.17) is 16.8 Å². The first-order valence-electron chi connectivity index (χ1n) is 7.97. The maximum absolute atomic E-state index is 12.4. The SMILES string of the molecule is CC(NC(=O)Cc1csc2ccc(Cl)cc12)c1cccc(C(=O)NO)c1. The van der Waals surface area contributed by atoms with Crippen LogP contribution in [0.2, 0.25) is 5.02 Å². The number of carbonyl (C=O) groups excluding carboxylic acids is 2. The van der Waals surface area contributed by atoms with E-state index in [0.717, 1.165) is 21.2 Å². The molecule has 0 saturated heterocycles. The van der Waals surface area contributed by atoms with E-state index in [0.29, 0.717) is 10.6 Å². The zero-order valence-corrected chi connectivity index (χ0v) is 15.5. The third kappa shape index (κ3) is 4.04. The van der Waals surface area contributed by atoms with Gasteiger partial charge in [0.2, 0.25) is 5.91 Å². The minimum Gasteiger partial charge on any atom is -0.349 e. The first kappa shape index (κ1) is 18.4. The van der Waals surface area contributed by atoms with Crippen LogP contribution >= 0.6 is 22.9 Å². The Labute approximate surface area is 159 Å². The molecule has 5 nitrogen and oxygen atoms in total. The topological polar surface area (TPSA) is 78.4 Å². The van der Waals surface area contributed by atoms with Crippen molar-refractivity contribution in [1.82, 2.24) is 10.8 Å². The first-order chi connectivity index (χ1) is 12.5. The summed E-state index contributed by atoms with van der Waals surface area (Å²) in [6.07, 6.45) is 0.251. The van der Waals surface area contributed by atoms with Gasteiger partial charge < -0.3 is 5.32 Å². The van der Waals surface area contributed by atoms with Crippen LogP contribution in [0.15, 0.2) is 47.8 Å². The number of nitrogens with one attached hydrogen (secondary N) is 2. The maximum atomic E-state index is 12.4. The lowest BCUT2D eigenvalue weighted by molar-refractivity contribution is -0.121. The van der Waals surface area contributed by atoms with Gasteiger partial charge in [-0.2, -0.15) is 0 Å². The molecule has 0 fully saturated rings. The molecule has 1 atom stereocenters. The molecule has 3 rings (SSSR count). The van der Waals surface area contributed by atoms with Crippen molar-refractivity contribution in [3.63, 3.8) is 0 Å². The van der Waals surface area contributed by atoms with Crippen LogP contribution < -0.4 is 10.8 Å². The molecule has 3 aromatic rings. The third-order valence-corrected chi connectivity index (χ3v) is 5.34. The van der Waals surface area contributed by atoms with Crippen LogP contribution in [0.3, 0.4) is 0 Å². The molecule has 0 bridgehead atoms. The molecule has 3 N–H and O–H groups in total. The molecular weight excluding hydrogens is 372 g/mol. The van der Waals surface area contributed by atoms with E-state index in [1.807, 2.05) is 36.6 Å². The number of hydrogen-bond donors (Lipinski definition) is 3. The van der Waals surface area contributed by atoms with Gasteiger partial charge in [-0.3, -0.25) is 14.8 Å². The minimum atomic E-state index is -0.591. The monoisotopic (exact) mass is 388 g/mol. The fourth-order valence-electron chi connectivity index (χ4n) is 2.75. The summed E-state index contributed by atoms with van der Waals surface area (Å²) in [4.78, 5) is 24.0.